The van der Waals surface area contributed by atoms with Crippen molar-refractivity contribution in [3.63, 3.8) is 0 Å². The fourth-order valence-electron chi connectivity index (χ4n) is 1.61. The molecular weight excluding hydrogens is 194 g/mol. The van der Waals surface area contributed by atoms with Crippen LogP contribution in [0.25, 0.3) is 0 Å². The Labute approximate surface area is 88.1 Å². The largest absolute Gasteiger partial charge is 0.478 e. The molecule has 0 aliphatic carbocycles. The van der Waals surface area contributed by atoms with E-state index in [1.165, 1.54) is 0 Å². The van der Waals surface area contributed by atoms with Crippen LogP contribution in [0.5, 0.6) is 0 Å². The molecule has 0 atom stereocenters. The van der Waals surface area contributed by atoms with Crippen molar-refractivity contribution in [3.05, 3.63) is 29.8 Å². The molecule has 2 rings (SSSR count). The highest BCUT2D eigenvalue weighted by Crippen LogP contribution is 2.23. The van der Waals surface area contributed by atoms with Gasteiger partial charge in [-0.25, -0.2) is 4.79 Å². The van der Waals surface area contributed by atoms with E-state index in [0.717, 1.165) is 5.69 Å². The fraction of sp³-hybridized carbons (Fsp3) is 0.364. The van der Waals surface area contributed by atoms with Crippen LogP contribution in [0.4, 0.5) is 5.69 Å². The van der Waals surface area contributed by atoms with E-state index in [1.807, 2.05) is 24.1 Å². The number of hydrogen-bond acceptors (Lipinski definition) is 3. The Bertz CT molecular complexity index is 374. The van der Waals surface area contributed by atoms with E-state index in [1.54, 1.807) is 12.1 Å². The average molecular weight is 207 g/mol. The van der Waals surface area contributed by atoms with E-state index < -0.39 is 5.97 Å². The maximum absolute atomic E-state index is 11.0. The van der Waals surface area contributed by atoms with Crippen molar-refractivity contribution < 1.29 is 14.6 Å². The molecule has 1 aromatic rings. The molecule has 1 heterocycles. The number of rotatable bonds is 3. The molecule has 1 aliphatic rings. The summed E-state index contributed by atoms with van der Waals surface area (Å²) in [6.45, 7) is 1.34. The van der Waals surface area contributed by atoms with Crippen molar-refractivity contribution in [1.82, 2.24) is 0 Å². The molecule has 1 fully saturated rings. The number of carboxylic acids is 1. The first-order valence-corrected chi connectivity index (χ1v) is 4.83. The van der Waals surface area contributed by atoms with E-state index in [2.05, 4.69) is 0 Å². The molecule has 0 saturated carbocycles. The van der Waals surface area contributed by atoms with Gasteiger partial charge in [-0.15, -0.1) is 0 Å². The quantitative estimate of drug-likeness (QED) is 0.809. The second-order valence-corrected chi connectivity index (χ2v) is 3.62. The van der Waals surface area contributed by atoms with Crippen molar-refractivity contribution in [3.8, 4) is 0 Å². The zero-order valence-corrected chi connectivity index (χ0v) is 8.51. The van der Waals surface area contributed by atoms with Crippen LogP contribution >= 0.6 is 0 Å². The number of carbonyl (C=O) groups is 1. The number of anilines is 1. The van der Waals surface area contributed by atoms with Crippen LogP contribution in [0.2, 0.25) is 0 Å². The number of para-hydroxylation sites is 1. The lowest BCUT2D eigenvalue weighted by atomic mass is 10.1. The van der Waals surface area contributed by atoms with E-state index in [-0.39, 0.29) is 0 Å². The lowest BCUT2D eigenvalue weighted by Gasteiger charge is -2.36. The van der Waals surface area contributed by atoms with Crippen LogP contribution in [0.15, 0.2) is 24.3 Å². The average Bonchev–Trinajstić information content (AvgIpc) is 2.15. The molecule has 1 N–H and O–H groups in total. The molecule has 0 aromatic heterocycles. The number of ether oxygens (including phenoxy) is 1. The standard InChI is InChI=1S/C11H13NO3/c1-12(8-6-15-7-8)10-5-3-2-4-9(10)11(13)14/h2-5,8H,6-7H2,1H3,(H,13,14). The van der Waals surface area contributed by atoms with Crippen LogP contribution < -0.4 is 4.90 Å². The Morgan fingerprint density at radius 1 is 1.47 bits per heavy atom. The summed E-state index contributed by atoms with van der Waals surface area (Å²) in [4.78, 5) is 13.0. The SMILES string of the molecule is CN(c1ccccc1C(=O)O)C1COC1. The fourth-order valence-corrected chi connectivity index (χ4v) is 1.61. The highest BCUT2D eigenvalue weighted by Gasteiger charge is 2.25. The smallest absolute Gasteiger partial charge is 0.337 e. The summed E-state index contributed by atoms with van der Waals surface area (Å²) < 4.78 is 5.09. The van der Waals surface area contributed by atoms with Crippen LogP contribution in [0.3, 0.4) is 0 Å². The molecule has 0 unspecified atom stereocenters. The number of carboxylic acid groups (broad SMARTS) is 1. The van der Waals surface area contributed by atoms with E-state index >= 15 is 0 Å². The summed E-state index contributed by atoms with van der Waals surface area (Å²) in [5.41, 5.74) is 1.09. The number of benzene rings is 1. The first kappa shape index (κ1) is 9.98. The molecule has 0 radical (unpaired) electrons. The molecular formula is C11H13NO3. The van der Waals surface area contributed by atoms with Gasteiger partial charge in [0.2, 0.25) is 0 Å². The summed E-state index contributed by atoms with van der Waals surface area (Å²) in [6, 6.07) is 7.32. The predicted octanol–water partition coefficient (Wildman–Crippen LogP) is 1.22. The molecule has 0 bridgehead atoms. The normalized spacial score (nSPS) is 15.8. The molecule has 4 heteroatoms. The van der Waals surface area contributed by atoms with Gasteiger partial charge in [-0.3, -0.25) is 0 Å². The first-order chi connectivity index (χ1) is 7.20. The van der Waals surface area contributed by atoms with Crippen LogP contribution in [-0.4, -0.2) is 37.4 Å². The highest BCUT2D eigenvalue weighted by molar-refractivity contribution is 5.94. The van der Waals surface area contributed by atoms with Crippen molar-refractivity contribution in [2.45, 2.75) is 6.04 Å². The third kappa shape index (κ3) is 1.80. The van der Waals surface area contributed by atoms with Gasteiger partial charge in [0, 0.05) is 7.05 Å². The van der Waals surface area contributed by atoms with Crippen LogP contribution in [0, 0.1) is 0 Å². The summed E-state index contributed by atoms with van der Waals surface area (Å²) >= 11 is 0. The first-order valence-electron chi connectivity index (χ1n) is 4.83. The second kappa shape index (κ2) is 3.90. The highest BCUT2D eigenvalue weighted by atomic mass is 16.5. The lowest BCUT2D eigenvalue weighted by Crippen LogP contribution is -2.47. The minimum absolute atomic E-state index is 0.297. The van der Waals surface area contributed by atoms with Gasteiger partial charge < -0.3 is 14.7 Å². The molecule has 1 saturated heterocycles. The number of hydrogen-bond donors (Lipinski definition) is 1. The van der Waals surface area contributed by atoms with Crippen molar-refractivity contribution in [2.24, 2.45) is 0 Å². The van der Waals surface area contributed by atoms with Gasteiger partial charge in [0.1, 0.15) is 0 Å². The number of likely N-dealkylation sites (N-methyl/N-ethyl adjacent to an activating group) is 1. The molecule has 15 heavy (non-hydrogen) atoms. The summed E-state index contributed by atoms with van der Waals surface area (Å²) in [7, 11) is 1.90. The maximum atomic E-state index is 11.0. The second-order valence-electron chi connectivity index (χ2n) is 3.62. The Kier molecular flexibility index (Phi) is 2.60. The van der Waals surface area contributed by atoms with E-state index in [9.17, 15) is 4.79 Å². The maximum Gasteiger partial charge on any atom is 0.337 e. The summed E-state index contributed by atoms with van der Waals surface area (Å²) in [6.07, 6.45) is 0. The monoisotopic (exact) mass is 207 g/mol. The van der Waals surface area contributed by atoms with Gasteiger partial charge in [-0.2, -0.15) is 0 Å². The summed E-state index contributed by atoms with van der Waals surface area (Å²) in [5, 5.41) is 9.03. The van der Waals surface area contributed by atoms with E-state index in [4.69, 9.17) is 9.84 Å². The molecule has 0 amide bonds. The minimum atomic E-state index is -0.891. The topological polar surface area (TPSA) is 49.8 Å². The molecule has 4 nitrogen and oxygen atoms in total. The Morgan fingerprint density at radius 3 is 2.67 bits per heavy atom. The third-order valence-electron chi connectivity index (χ3n) is 2.68. The van der Waals surface area contributed by atoms with Gasteiger partial charge in [0.25, 0.3) is 0 Å². The van der Waals surface area contributed by atoms with Gasteiger partial charge in [-0.1, -0.05) is 12.1 Å². The molecule has 0 spiro atoms. The predicted molar refractivity (Wildman–Crippen MR) is 56.4 cm³/mol. The Morgan fingerprint density at radius 2 is 2.13 bits per heavy atom. The zero-order chi connectivity index (χ0) is 10.8. The summed E-state index contributed by atoms with van der Waals surface area (Å²) in [5.74, 6) is -0.891. The lowest BCUT2D eigenvalue weighted by molar-refractivity contribution is 0.0100. The van der Waals surface area contributed by atoms with Crippen LogP contribution in [-0.2, 0) is 4.74 Å². The Balaban J connectivity index is 2.29. The van der Waals surface area contributed by atoms with E-state index in [0.29, 0.717) is 24.8 Å². The van der Waals surface area contributed by atoms with Gasteiger partial charge in [0.05, 0.1) is 30.5 Å². The minimum Gasteiger partial charge on any atom is -0.478 e. The number of aromatic carboxylic acids is 1. The van der Waals surface area contributed by atoms with Gasteiger partial charge in [-0.05, 0) is 12.1 Å². The zero-order valence-electron chi connectivity index (χ0n) is 8.51. The number of nitrogens with zero attached hydrogens (tertiary/aromatic N) is 1. The van der Waals surface area contributed by atoms with Gasteiger partial charge in [0.15, 0.2) is 0 Å². The van der Waals surface area contributed by atoms with Crippen LogP contribution in [0.1, 0.15) is 10.4 Å². The molecule has 1 aromatic carbocycles. The van der Waals surface area contributed by atoms with Crippen molar-refractivity contribution >= 4 is 11.7 Å². The van der Waals surface area contributed by atoms with Crippen molar-refractivity contribution in [2.75, 3.05) is 25.2 Å². The molecule has 1 aliphatic heterocycles. The third-order valence-corrected chi connectivity index (χ3v) is 2.68. The Hall–Kier alpha value is -1.55. The molecule has 80 valence electrons. The van der Waals surface area contributed by atoms with Crippen molar-refractivity contribution in [1.29, 1.82) is 0 Å². The van der Waals surface area contributed by atoms with Gasteiger partial charge >= 0.3 is 5.97 Å².